The number of quaternary nitrogens is 1. The van der Waals surface area contributed by atoms with Gasteiger partial charge in [0.05, 0.1) is 27.7 Å². The number of unbranched alkanes of at least 4 members (excludes halogenated alkanes) is 12. The van der Waals surface area contributed by atoms with E-state index in [2.05, 4.69) is 74.6 Å². The third-order valence-electron chi connectivity index (χ3n) is 8.30. The van der Waals surface area contributed by atoms with E-state index in [-0.39, 0.29) is 26.1 Å². The lowest BCUT2D eigenvalue weighted by molar-refractivity contribution is -0.870. The number of esters is 2. The topological polar surface area (TPSA) is 111 Å². The van der Waals surface area contributed by atoms with Crippen LogP contribution in [0.1, 0.15) is 149 Å². The van der Waals surface area contributed by atoms with E-state index in [4.69, 9.17) is 18.5 Å². The SMILES string of the molecule is CC/C=C/C/C=C/C/C=C/C/C=C/C/C=C/CCCCCC(=O)O[C@H](COC(=O)CCCCCCCCCCCC)COP(=O)([O-])OCC[N+](C)(C)C. The highest BCUT2D eigenvalue weighted by Crippen LogP contribution is 2.38. The lowest BCUT2D eigenvalue weighted by Gasteiger charge is -2.28. The first kappa shape index (κ1) is 50.7. The molecule has 0 saturated carbocycles. The van der Waals surface area contributed by atoms with Gasteiger partial charge in [-0.25, -0.2) is 0 Å². The number of phosphoric ester groups is 1. The lowest BCUT2D eigenvalue weighted by atomic mass is 10.1. The summed E-state index contributed by atoms with van der Waals surface area (Å²) in [4.78, 5) is 37.4. The Morgan fingerprint density at radius 1 is 0.604 bits per heavy atom. The van der Waals surface area contributed by atoms with Gasteiger partial charge in [-0.1, -0.05) is 139 Å². The van der Waals surface area contributed by atoms with E-state index in [1.807, 2.05) is 21.1 Å². The minimum absolute atomic E-state index is 0.0395. The van der Waals surface area contributed by atoms with Crippen LogP contribution in [0.4, 0.5) is 0 Å². The molecule has 0 rings (SSSR count). The van der Waals surface area contributed by atoms with Gasteiger partial charge in [0.15, 0.2) is 6.10 Å². The van der Waals surface area contributed by atoms with Crippen molar-refractivity contribution in [1.29, 1.82) is 0 Å². The molecule has 0 aliphatic heterocycles. The molecule has 0 fully saturated rings. The highest BCUT2D eigenvalue weighted by Gasteiger charge is 2.21. The molecule has 0 amide bonds. The summed E-state index contributed by atoms with van der Waals surface area (Å²) < 4.78 is 33.7. The number of hydrogen-bond acceptors (Lipinski definition) is 8. The summed E-state index contributed by atoms with van der Waals surface area (Å²) in [5.74, 6) is -0.879. The van der Waals surface area contributed by atoms with Gasteiger partial charge in [0.2, 0.25) is 0 Å². The highest BCUT2D eigenvalue weighted by molar-refractivity contribution is 7.45. The van der Waals surface area contributed by atoms with Crippen LogP contribution in [0.5, 0.6) is 0 Å². The van der Waals surface area contributed by atoms with Crippen molar-refractivity contribution in [3.63, 3.8) is 0 Å². The van der Waals surface area contributed by atoms with Crippen molar-refractivity contribution in [3.8, 4) is 0 Å². The molecule has 0 spiro atoms. The zero-order valence-corrected chi connectivity index (χ0v) is 35.1. The van der Waals surface area contributed by atoms with Crippen LogP contribution >= 0.6 is 7.82 Å². The van der Waals surface area contributed by atoms with Gasteiger partial charge >= 0.3 is 11.9 Å². The molecule has 0 aliphatic carbocycles. The van der Waals surface area contributed by atoms with Crippen molar-refractivity contribution in [2.75, 3.05) is 47.5 Å². The average Bonchev–Trinajstić information content (AvgIpc) is 3.10. The van der Waals surface area contributed by atoms with Crippen molar-refractivity contribution in [1.82, 2.24) is 0 Å². The van der Waals surface area contributed by atoms with Crippen LogP contribution in [0, 0.1) is 0 Å². The normalized spacial score (nSPS) is 14.3. The Bertz CT molecular complexity index is 1090. The smallest absolute Gasteiger partial charge is 0.306 e. The van der Waals surface area contributed by atoms with Gasteiger partial charge in [-0.05, 0) is 57.8 Å². The van der Waals surface area contributed by atoms with E-state index < -0.39 is 32.5 Å². The molecule has 0 aromatic carbocycles. The summed E-state index contributed by atoms with van der Waals surface area (Å²) in [6, 6.07) is 0. The first-order valence-corrected chi connectivity index (χ1v) is 22.0. The number of hydrogen-bond donors (Lipinski definition) is 0. The number of rotatable bonds is 36. The first-order chi connectivity index (χ1) is 25.5. The molecule has 9 nitrogen and oxygen atoms in total. The van der Waals surface area contributed by atoms with Gasteiger partial charge in [0.1, 0.15) is 19.8 Å². The van der Waals surface area contributed by atoms with Crippen molar-refractivity contribution in [2.24, 2.45) is 0 Å². The van der Waals surface area contributed by atoms with E-state index in [9.17, 15) is 19.0 Å². The molecule has 53 heavy (non-hydrogen) atoms. The average molecular weight is 766 g/mol. The second kappa shape index (κ2) is 35.4. The van der Waals surface area contributed by atoms with Gasteiger partial charge in [-0.2, -0.15) is 0 Å². The van der Waals surface area contributed by atoms with Crippen molar-refractivity contribution in [3.05, 3.63) is 60.8 Å². The Hall–Kier alpha value is -2.29. The molecular weight excluding hydrogens is 689 g/mol. The Balaban J connectivity index is 4.46. The van der Waals surface area contributed by atoms with Crippen LogP contribution in [-0.4, -0.2) is 70.0 Å². The molecule has 0 radical (unpaired) electrons. The van der Waals surface area contributed by atoms with Crippen molar-refractivity contribution >= 4 is 19.8 Å². The fourth-order valence-electron chi connectivity index (χ4n) is 5.09. The molecule has 0 aromatic heterocycles. The molecule has 306 valence electrons. The minimum Gasteiger partial charge on any atom is -0.756 e. The second-order valence-corrected chi connectivity index (χ2v) is 16.0. The summed E-state index contributed by atoms with van der Waals surface area (Å²) in [5.41, 5.74) is 0. The number of carbonyl (C=O) groups is 2. The van der Waals surface area contributed by atoms with E-state index in [1.54, 1.807) is 0 Å². The van der Waals surface area contributed by atoms with Crippen molar-refractivity contribution in [2.45, 2.75) is 155 Å². The maximum absolute atomic E-state index is 12.6. The number of ether oxygens (including phenoxy) is 2. The highest BCUT2D eigenvalue weighted by atomic mass is 31.2. The summed E-state index contributed by atoms with van der Waals surface area (Å²) >= 11 is 0. The van der Waals surface area contributed by atoms with E-state index >= 15 is 0 Å². The molecular formula is C43H76NO8P. The van der Waals surface area contributed by atoms with Gasteiger partial charge in [-0.3, -0.25) is 14.2 Å². The number of allylic oxidation sites excluding steroid dienone is 10. The van der Waals surface area contributed by atoms with Gasteiger partial charge in [0, 0.05) is 12.8 Å². The van der Waals surface area contributed by atoms with Gasteiger partial charge in [0.25, 0.3) is 7.82 Å². The van der Waals surface area contributed by atoms with Crippen LogP contribution in [0.2, 0.25) is 0 Å². The largest absolute Gasteiger partial charge is 0.756 e. The molecule has 0 aromatic rings. The zero-order chi connectivity index (χ0) is 39.3. The quantitative estimate of drug-likeness (QED) is 0.0204. The minimum atomic E-state index is -4.63. The molecule has 0 N–H and O–H groups in total. The number of phosphoric acid groups is 1. The first-order valence-electron chi connectivity index (χ1n) is 20.5. The Morgan fingerprint density at radius 2 is 1.08 bits per heavy atom. The van der Waals surface area contributed by atoms with Crippen LogP contribution in [0.25, 0.3) is 0 Å². The fraction of sp³-hybridized carbons (Fsp3) is 0.721. The number of nitrogens with zero attached hydrogens (tertiary/aromatic N) is 1. The number of carbonyl (C=O) groups excluding carboxylic acids is 2. The monoisotopic (exact) mass is 766 g/mol. The summed E-state index contributed by atoms with van der Waals surface area (Å²) in [7, 11) is 1.13. The fourth-order valence-corrected chi connectivity index (χ4v) is 5.82. The summed E-state index contributed by atoms with van der Waals surface area (Å²) in [5, 5.41) is 0. The Kier molecular flexibility index (Phi) is 33.9. The van der Waals surface area contributed by atoms with Crippen LogP contribution < -0.4 is 4.89 Å². The van der Waals surface area contributed by atoms with E-state index in [1.165, 1.54) is 44.9 Å². The van der Waals surface area contributed by atoms with Gasteiger partial charge in [-0.15, -0.1) is 0 Å². The lowest BCUT2D eigenvalue weighted by Crippen LogP contribution is -2.37. The Labute approximate surface area is 324 Å². The number of likely N-dealkylation sites (N-methyl/N-ethyl adjacent to an activating group) is 1. The predicted octanol–water partition coefficient (Wildman–Crippen LogP) is 10.7. The van der Waals surface area contributed by atoms with Crippen molar-refractivity contribution < 1.29 is 42.1 Å². The maximum Gasteiger partial charge on any atom is 0.306 e. The maximum atomic E-state index is 12.6. The summed E-state index contributed by atoms with van der Waals surface area (Å²) in [6.45, 7) is 4.03. The van der Waals surface area contributed by atoms with E-state index in [0.29, 0.717) is 17.4 Å². The van der Waals surface area contributed by atoms with Crippen LogP contribution in [0.15, 0.2) is 60.8 Å². The van der Waals surface area contributed by atoms with Crippen LogP contribution in [-0.2, 0) is 32.7 Å². The van der Waals surface area contributed by atoms with Crippen LogP contribution in [0.3, 0.4) is 0 Å². The molecule has 0 bridgehead atoms. The summed E-state index contributed by atoms with van der Waals surface area (Å²) in [6.07, 6.45) is 41.1. The second-order valence-electron chi connectivity index (χ2n) is 14.6. The molecule has 1 unspecified atom stereocenters. The standard InChI is InChI=1S/C43H76NO8P/c1-6-8-10-12-14-16-18-19-20-21-22-23-24-25-26-28-30-32-34-36-43(46)52-41(40-51-53(47,48)50-38-37-44(3,4)5)39-49-42(45)35-33-31-29-27-17-15-13-11-9-7-2/h8,10,14,16,19-20,22-23,25-26,41H,6-7,9,11-13,15,17-18,21,24,27-40H2,1-5H3/b10-8+,16-14+,20-19+,23-22+,26-25+/t41-/m1/s1. The third-order valence-corrected chi connectivity index (χ3v) is 9.27. The molecule has 0 aliphatic rings. The molecule has 0 heterocycles. The van der Waals surface area contributed by atoms with Gasteiger partial charge < -0.3 is 27.9 Å². The van der Waals surface area contributed by atoms with E-state index in [0.717, 1.165) is 70.6 Å². The molecule has 0 saturated heterocycles. The predicted molar refractivity (Wildman–Crippen MR) is 217 cm³/mol. The third kappa shape index (κ3) is 39.2. The molecule has 10 heteroatoms. The zero-order valence-electron chi connectivity index (χ0n) is 34.2. The molecule has 2 atom stereocenters. The Morgan fingerprint density at radius 3 is 1.60 bits per heavy atom.